The Kier molecular flexibility index (Phi) is 6.80. The maximum atomic E-state index is 10.1. The van der Waals surface area contributed by atoms with E-state index in [0.29, 0.717) is 11.3 Å². The molecule has 9 nitrogen and oxygen atoms in total. The average Bonchev–Trinajstić information content (AvgIpc) is 2.73. The third kappa shape index (κ3) is 4.84. The average molecular weight is 420 g/mol. The second kappa shape index (κ2) is 9.33. The predicted molar refractivity (Wildman–Crippen MR) is 106 cm³/mol. The lowest BCUT2D eigenvalue weighted by Gasteiger charge is -2.39. The molecule has 1 heterocycles. The van der Waals surface area contributed by atoms with E-state index in [4.69, 9.17) is 14.2 Å². The largest absolute Gasteiger partial charge is 0.508 e. The van der Waals surface area contributed by atoms with Crippen LogP contribution in [0.5, 0.6) is 23.0 Å². The van der Waals surface area contributed by atoms with Crippen LogP contribution in [0.4, 0.5) is 0 Å². The SMILES string of the molecule is COc1cc(/C=C/c2cc(O)cc(O[C@H]3O[C@H](CO)[C@H](O)[C@H](O)[C@H]3O)c2)ccc1O. The first-order valence-electron chi connectivity index (χ1n) is 9.18. The van der Waals surface area contributed by atoms with Gasteiger partial charge in [0.25, 0.3) is 0 Å². The first-order chi connectivity index (χ1) is 14.3. The van der Waals surface area contributed by atoms with Crippen LogP contribution in [-0.4, -0.2) is 75.1 Å². The van der Waals surface area contributed by atoms with E-state index in [1.807, 2.05) is 0 Å². The number of aliphatic hydroxyl groups excluding tert-OH is 4. The number of rotatable bonds is 6. The number of aromatic hydroxyl groups is 2. The van der Waals surface area contributed by atoms with Crippen molar-refractivity contribution in [2.75, 3.05) is 13.7 Å². The van der Waals surface area contributed by atoms with Gasteiger partial charge in [0.1, 0.15) is 35.9 Å². The molecule has 9 heteroatoms. The minimum Gasteiger partial charge on any atom is -0.508 e. The Bertz CT molecular complexity index is 896. The molecule has 3 rings (SSSR count). The highest BCUT2D eigenvalue weighted by molar-refractivity contribution is 5.72. The van der Waals surface area contributed by atoms with Gasteiger partial charge in [0.05, 0.1) is 13.7 Å². The second-order valence-corrected chi connectivity index (χ2v) is 6.84. The van der Waals surface area contributed by atoms with Crippen LogP contribution in [0.1, 0.15) is 11.1 Å². The number of ether oxygens (including phenoxy) is 3. The molecule has 162 valence electrons. The molecule has 0 aromatic heterocycles. The van der Waals surface area contributed by atoms with Gasteiger partial charge in [-0.1, -0.05) is 18.2 Å². The normalized spacial score (nSPS) is 26.6. The third-order valence-corrected chi connectivity index (χ3v) is 4.69. The van der Waals surface area contributed by atoms with Gasteiger partial charge in [-0.3, -0.25) is 0 Å². The van der Waals surface area contributed by atoms with Gasteiger partial charge in [-0.05, 0) is 35.4 Å². The smallest absolute Gasteiger partial charge is 0.229 e. The molecule has 2 aromatic rings. The van der Waals surface area contributed by atoms with Crippen molar-refractivity contribution in [3.05, 3.63) is 47.5 Å². The quantitative estimate of drug-likeness (QED) is 0.366. The fourth-order valence-electron chi connectivity index (χ4n) is 3.06. The summed E-state index contributed by atoms with van der Waals surface area (Å²) in [6.45, 7) is -0.574. The first-order valence-corrected chi connectivity index (χ1v) is 9.18. The maximum Gasteiger partial charge on any atom is 0.229 e. The molecule has 1 saturated heterocycles. The lowest BCUT2D eigenvalue weighted by molar-refractivity contribution is -0.277. The number of hydrogen-bond donors (Lipinski definition) is 6. The Hall–Kier alpha value is -2.82. The monoisotopic (exact) mass is 420 g/mol. The molecule has 1 aliphatic heterocycles. The van der Waals surface area contributed by atoms with E-state index in [1.54, 1.807) is 30.4 Å². The molecule has 0 amide bonds. The molecule has 0 bridgehead atoms. The van der Waals surface area contributed by atoms with Crippen molar-refractivity contribution in [3.63, 3.8) is 0 Å². The number of aliphatic hydroxyl groups is 4. The van der Waals surface area contributed by atoms with Crippen LogP contribution in [0.2, 0.25) is 0 Å². The van der Waals surface area contributed by atoms with Crippen LogP contribution < -0.4 is 9.47 Å². The van der Waals surface area contributed by atoms with Crippen molar-refractivity contribution in [2.24, 2.45) is 0 Å². The Morgan fingerprint density at radius 1 is 0.933 bits per heavy atom. The first kappa shape index (κ1) is 21.9. The number of methoxy groups -OCH3 is 1. The molecule has 1 aliphatic rings. The summed E-state index contributed by atoms with van der Waals surface area (Å²) in [6, 6.07) is 9.16. The molecular formula is C21H24O9. The van der Waals surface area contributed by atoms with Gasteiger partial charge in [-0.15, -0.1) is 0 Å². The van der Waals surface area contributed by atoms with Crippen LogP contribution >= 0.6 is 0 Å². The summed E-state index contributed by atoms with van der Waals surface area (Å²) < 4.78 is 15.9. The van der Waals surface area contributed by atoms with Crippen molar-refractivity contribution in [2.45, 2.75) is 30.7 Å². The summed E-state index contributed by atoms with van der Waals surface area (Å²) in [7, 11) is 1.44. The standard InChI is InChI=1S/C21H24O9/c1-28-16-8-11(4-5-15(16)24)2-3-12-6-13(23)9-14(7-12)29-21-20(27)19(26)18(25)17(10-22)30-21/h2-9,17-27H,10H2,1H3/b3-2+/t17-,18+,19+,20-,21+/m1/s1. The van der Waals surface area contributed by atoms with E-state index in [-0.39, 0.29) is 17.2 Å². The summed E-state index contributed by atoms with van der Waals surface area (Å²) in [6.07, 6.45) is -3.67. The number of phenolic OH excluding ortho intramolecular Hbond substituents is 2. The van der Waals surface area contributed by atoms with E-state index in [9.17, 15) is 30.6 Å². The highest BCUT2D eigenvalue weighted by atomic mass is 16.7. The van der Waals surface area contributed by atoms with E-state index in [0.717, 1.165) is 5.56 Å². The van der Waals surface area contributed by atoms with Crippen LogP contribution in [-0.2, 0) is 4.74 Å². The van der Waals surface area contributed by atoms with Crippen molar-refractivity contribution in [1.29, 1.82) is 0 Å². The molecular weight excluding hydrogens is 396 g/mol. The van der Waals surface area contributed by atoms with Gasteiger partial charge in [0.15, 0.2) is 11.5 Å². The molecule has 0 unspecified atom stereocenters. The van der Waals surface area contributed by atoms with Gasteiger partial charge in [0.2, 0.25) is 6.29 Å². The molecule has 0 spiro atoms. The van der Waals surface area contributed by atoms with E-state index >= 15 is 0 Å². The Morgan fingerprint density at radius 3 is 2.37 bits per heavy atom. The third-order valence-electron chi connectivity index (χ3n) is 4.69. The second-order valence-electron chi connectivity index (χ2n) is 6.84. The lowest BCUT2D eigenvalue weighted by Crippen LogP contribution is -2.60. The van der Waals surface area contributed by atoms with Crippen molar-refractivity contribution in [1.82, 2.24) is 0 Å². The predicted octanol–water partition coefficient (Wildman–Crippen LogP) is 0.455. The number of hydrogen-bond acceptors (Lipinski definition) is 9. The summed E-state index contributed by atoms with van der Waals surface area (Å²) in [4.78, 5) is 0. The van der Waals surface area contributed by atoms with E-state index < -0.39 is 37.3 Å². The molecule has 2 aromatic carbocycles. The zero-order chi connectivity index (χ0) is 21.8. The van der Waals surface area contributed by atoms with Crippen LogP contribution in [0.3, 0.4) is 0 Å². The minimum atomic E-state index is -1.57. The Labute approximate surface area is 172 Å². The summed E-state index contributed by atoms with van der Waals surface area (Å²) in [5, 5.41) is 58.7. The highest BCUT2D eigenvalue weighted by Crippen LogP contribution is 2.30. The molecule has 6 N–H and O–H groups in total. The van der Waals surface area contributed by atoms with Crippen LogP contribution in [0, 0.1) is 0 Å². The fraction of sp³-hybridized carbons (Fsp3) is 0.333. The molecule has 30 heavy (non-hydrogen) atoms. The molecule has 0 radical (unpaired) electrons. The summed E-state index contributed by atoms with van der Waals surface area (Å²) in [5.41, 5.74) is 1.30. The van der Waals surface area contributed by atoms with Crippen LogP contribution in [0.15, 0.2) is 36.4 Å². The van der Waals surface area contributed by atoms with Gasteiger partial charge in [0, 0.05) is 6.07 Å². The highest BCUT2D eigenvalue weighted by Gasteiger charge is 2.44. The van der Waals surface area contributed by atoms with Gasteiger partial charge < -0.3 is 44.8 Å². The van der Waals surface area contributed by atoms with E-state index in [2.05, 4.69) is 0 Å². The maximum absolute atomic E-state index is 10.1. The fourth-order valence-corrected chi connectivity index (χ4v) is 3.06. The van der Waals surface area contributed by atoms with Gasteiger partial charge >= 0.3 is 0 Å². The van der Waals surface area contributed by atoms with Crippen LogP contribution in [0.25, 0.3) is 12.2 Å². The van der Waals surface area contributed by atoms with Crippen molar-refractivity contribution in [3.8, 4) is 23.0 Å². The zero-order valence-corrected chi connectivity index (χ0v) is 16.1. The molecule has 1 fully saturated rings. The number of benzene rings is 2. The van der Waals surface area contributed by atoms with Crippen molar-refractivity contribution >= 4 is 12.2 Å². The lowest BCUT2D eigenvalue weighted by atomic mass is 9.99. The zero-order valence-electron chi connectivity index (χ0n) is 16.1. The minimum absolute atomic E-state index is 0.0159. The topological polar surface area (TPSA) is 149 Å². The molecule has 0 aliphatic carbocycles. The molecule has 5 atom stereocenters. The summed E-state index contributed by atoms with van der Waals surface area (Å²) >= 11 is 0. The van der Waals surface area contributed by atoms with Gasteiger partial charge in [-0.25, -0.2) is 0 Å². The Balaban J connectivity index is 1.78. The Morgan fingerprint density at radius 2 is 1.67 bits per heavy atom. The molecule has 0 saturated carbocycles. The van der Waals surface area contributed by atoms with E-state index in [1.165, 1.54) is 25.3 Å². The number of phenols is 2. The summed E-state index contributed by atoms with van der Waals surface area (Å²) in [5.74, 6) is 0.365. The van der Waals surface area contributed by atoms with Crippen molar-refractivity contribution < 1.29 is 44.8 Å². The van der Waals surface area contributed by atoms with Gasteiger partial charge in [-0.2, -0.15) is 0 Å².